The smallest absolute Gasteiger partial charge is 0.342 e. The number of hydrogen-bond donors (Lipinski definition) is 1. The van der Waals surface area contributed by atoms with E-state index in [1.165, 1.54) is 13.5 Å². The molecule has 1 aromatic carbocycles. The summed E-state index contributed by atoms with van der Waals surface area (Å²) in [5.41, 5.74) is 1.77. The van der Waals surface area contributed by atoms with E-state index >= 15 is 0 Å². The van der Waals surface area contributed by atoms with Gasteiger partial charge in [-0.1, -0.05) is 6.92 Å². The molecule has 0 saturated carbocycles. The third kappa shape index (κ3) is 2.93. The van der Waals surface area contributed by atoms with Crippen LogP contribution >= 0.6 is 0 Å². The monoisotopic (exact) mass is 317 g/mol. The van der Waals surface area contributed by atoms with Crippen LogP contribution in [0.15, 0.2) is 16.5 Å². The SMILES string of the molecule is COC(=O)c1c(C)oc2ccc(O)c(CN3CCCC(C)C3)c12. The second kappa shape index (κ2) is 6.24. The Morgan fingerprint density at radius 2 is 2.26 bits per heavy atom. The van der Waals surface area contributed by atoms with Gasteiger partial charge in [0.15, 0.2) is 0 Å². The maximum Gasteiger partial charge on any atom is 0.342 e. The van der Waals surface area contributed by atoms with Crippen molar-refractivity contribution < 1.29 is 19.1 Å². The molecule has 124 valence electrons. The molecule has 1 saturated heterocycles. The first-order chi connectivity index (χ1) is 11.0. The van der Waals surface area contributed by atoms with Crippen LogP contribution < -0.4 is 0 Å². The third-order valence-corrected chi connectivity index (χ3v) is 4.63. The molecular formula is C18H23NO4. The predicted molar refractivity (Wildman–Crippen MR) is 87.6 cm³/mol. The van der Waals surface area contributed by atoms with Gasteiger partial charge in [0.05, 0.1) is 7.11 Å². The number of rotatable bonds is 3. The van der Waals surface area contributed by atoms with E-state index in [0.29, 0.717) is 34.8 Å². The van der Waals surface area contributed by atoms with Crippen molar-refractivity contribution in [2.75, 3.05) is 20.2 Å². The third-order valence-electron chi connectivity index (χ3n) is 4.63. The number of fused-ring (bicyclic) bond motifs is 1. The number of furan rings is 1. The lowest BCUT2D eigenvalue weighted by molar-refractivity contribution is 0.0600. The average Bonchev–Trinajstić information content (AvgIpc) is 2.86. The fourth-order valence-electron chi connectivity index (χ4n) is 3.53. The second-order valence-corrected chi connectivity index (χ2v) is 6.44. The van der Waals surface area contributed by atoms with Gasteiger partial charge in [0, 0.05) is 24.0 Å². The Hall–Kier alpha value is -2.01. The van der Waals surface area contributed by atoms with Crippen LogP contribution in [0.3, 0.4) is 0 Å². The molecule has 0 aliphatic carbocycles. The van der Waals surface area contributed by atoms with Crippen LogP contribution in [0.4, 0.5) is 0 Å². The van der Waals surface area contributed by atoms with E-state index in [9.17, 15) is 9.90 Å². The quantitative estimate of drug-likeness (QED) is 0.878. The van der Waals surface area contributed by atoms with Gasteiger partial charge in [-0.15, -0.1) is 0 Å². The van der Waals surface area contributed by atoms with Gasteiger partial charge in [0.1, 0.15) is 22.7 Å². The Balaban J connectivity index is 2.07. The Bertz CT molecular complexity index is 734. The van der Waals surface area contributed by atoms with E-state index in [0.717, 1.165) is 25.1 Å². The van der Waals surface area contributed by atoms with Gasteiger partial charge >= 0.3 is 5.97 Å². The maximum absolute atomic E-state index is 12.1. The standard InChI is InChI=1S/C18H23NO4/c1-11-5-4-8-19(9-11)10-13-14(20)6-7-15-17(13)16(12(2)23-15)18(21)22-3/h6-7,11,20H,4-5,8-10H2,1-3H3. The van der Waals surface area contributed by atoms with Crippen LogP contribution in [0.25, 0.3) is 11.0 Å². The molecule has 2 heterocycles. The van der Waals surface area contributed by atoms with Crippen LogP contribution in [0, 0.1) is 12.8 Å². The van der Waals surface area contributed by atoms with E-state index in [1.54, 1.807) is 19.1 Å². The van der Waals surface area contributed by atoms with Gasteiger partial charge in [-0.2, -0.15) is 0 Å². The normalized spacial score (nSPS) is 19.2. The molecule has 1 aromatic heterocycles. The molecule has 2 aromatic rings. The molecule has 1 aliphatic rings. The second-order valence-electron chi connectivity index (χ2n) is 6.44. The van der Waals surface area contributed by atoms with Crippen molar-refractivity contribution in [2.24, 2.45) is 5.92 Å². The van der Waals surface area contributed by atoms with Crippen molar-refractivity contribution in [1.29, 1.82) is 0 Å². The maximum atomic E-state index is 12.1. The summed E-state index contributed by atoms with van der Waals surface area (Å²) in [5.74, 6) is 0.934. The summed E-state index contributed by atoms with van der Waals surface area (Å²) in [7, 11) is 1.36. The number of methoxy groups -OCH3 is 1. The molecule has 1 N–H and O–H groups in total. The van der Waals surface area contributed by atoms with Crippen molar-refractivity contribution in [3.05, 3.63) is 29.0 Å². The molecule has 5 heteroatoms. The van der Waals surface area contributed by atoms with Crippen LogP contribution in [0.1, 0.15) is 41.4 Å². The number of ether oxygens (including phenoxy) is 1. The lowest BCUT2D eigenvalue weighted by Crippen LogP contribution is -2.33. The number of aromatic hydroxyl groups is 1. The molecule has 1 aliphatic heterocycles. The summed E-state index contributed by atoms with van der Waals surface area (Å²) in [5, 5.41) is 11.0. The minimum atomic E-state index is -0.430. The number of hydrogen-bond acceptors (Lipinski definition) is 5. The van der Waals surface area contributed by atoms with Crippen molar-refractivity contribution in [3.63, 3.8) is 0 Å². The highest BCUT2D eigenvalue weighted by atomic mass is 16.5. The first kappa shape index (κ1) is 15.9. The van der Waals surface area contributed by atoms with E-state index < -0.39 is 5.97 Å². The van der Waals surface area contributed by atoms with Crippen molar-refractivity contribution in [1.82, 2.24) is 4.90 Å². The number of phenolic OH excluding ortho intramolecular Hbond substituents is 1. The molecule has 0 bridgehead atoms. The van der Waals surface area contributed by atoms with Gasteiger partial charge in [0.2, 0.25) is 0 Å². The van der Waals surface area contributed by atoms with Gasteiger partial charge in [-0.05, 0) is 44.4 Å². The molecule has 0 radical (unpaired) electrons. The van der Waals surface area contributed by atoms with Crippen LogP contribution in [-0.4, -0.2) is 36.2 Å². The van der Waals surface area contributed by atoms with Crippen LogP contribution in [0.5, 0.6) is 5.75 Å². The summed E-state index contributed by atoms with van der Waals surface area (Å²) in [6.45, 7) is 6.60. The van der Waals surface area contributed by atoms with E-state index in [-0.39, 0.29) is 5.75 Å². The summed E-state index contributed by atoms with van der Waals surface area (Å²) < 4.78 is 10.6. The molecule has 23 heavy (non-hydrogen) atoms. The number of aryl methyl sites for hydroxylation is 1. The van der Waals surface area contributed by atoms with Crippen molar-refractivity contribution >= 4 is 16.9 Å². The molecular weight excluding hydrogens is 294 g/mol. The lowest BCUT2D eigenvalue weighted by Gasteiger charge is -2.31. The lowest BCUT2D eigenvalue weighted by atomic mass is 9.98. The van der Waals surface area contributed by atoms with Crippen molar-refractivity contribution in [2.45, 2.75) is 33.2 Å². The molecule has 1 atom stereocenters. The van der Waals surface area contributed by atoms with E-state index in [2.05, 4.69) is 11.8 Å². The molecule has 5 nitrogen and oxygen atoms in total. The number of phenols is 1. The summed E-state index contributed by atoms with van der Waals surface area (Å²) in [4.78, 5) is 14.5. The number of carbonyl (C=O) groups excluding carboxylic acids is 1. The molecule has 1 fully saturated rings. The first-order valence-electron chi connectivity index (χ1n) is 8.06. The highest BCUT2D eigenvalue weighted by Crippen LogP contribution is 2.35. The Morgan fingerprint density at radius 1 is 1.48 bits per heavy atom. The highest BCUT2D eigenvalue weighted by molar-refractivity contribution is 6.06. The minimum absolute atomic E-state index is 0.196. The van der Waals surface area contributed by atoms with Crippen LogP contribution in [-0.2, 0) is 11.3 Å². The molecule has 3 rings (SSSR count). The first-order valence-corrected chi connectivity index (χ1v) is 8.06. The number of piperidine rings is 1. The zero-order chi connectivity index (χ0) is 16.6. The number of esters is 1. The number of carbonyl (C=O) groups is 1. The summed E-state index contributed by atoms with van der Waals surface area (Å²) >= 11 is 0. The zero-order valence-corrected chi connectivity index (χ0v) is 13.9. The Kier molecular flexibility index (Phi) is 4.31. The van der Waals surface area contributed by atoms with Crippen molar-refractivity contribution in [3.8, 4) is 5.75 Å². The predicted octanol–water partition coefficient (Wildman–Crippen LogP) is 3.47. The molecule has 1 unspecified atom stereocenters. The van der Waals surface area contributed by atoms with E-state index in [4.69, 9.17) is 9.15 Å². The summed E-state index contributed by atoms with van der Waals surface area (Å²) in [6.07, 6.45) is 2.40. The zero-order valence-electron chi connectivity index (χ0n) is 13.9. The van der Waals surface area contributed by atoms with Gasteiger partial charge in [-0.3, -0.25) is 4.90 Å². The highest BCUT2D eigenvalue weighted by Gasteiger charge is 2.25. The average molecular weight is 317 g/mol. The number of likely N-dealkylation sites (tertiary alicyclic amines) is 1. The van der Waals surface area contributed by atoms with Gasteiger partial charge in [-0.25, -0.2) is 4.79 Å². The minimum Gasteiger partial charge on any atom is -0.508 e. The largest absolute Gasteiger partial charge is 0.508 e. The van der Waals surface area contributed by atoms with Gasteiger partial charge in [0.25, 0.3) is 0 Å². The molecule has 0 amide bonds. The number of benzene rings is 1. The summed E-state index contributed by atoms with van der Waals surface area (Å²) in [6, 6.07) is 3.33. The van der Waals surface area contributed by atoms with E-state index in [1.807, 2.05) is 0 Å². The van der Waals surface area contributed by atoms with Crippen LogP contribution in [0.2, 0.25) is 0 Å². The Morgan fingerprint density at radius 3 is 2.96 bits per heavy atom. The van der Waals surface area contributed by atoms with Gasteiger partial charge < -0.3 is 14.3 Å². The fraction of sp³-hybridized carbons (Fsp3) is 0.500. The fourth-order valence-corrected chi connectivity index (χ4v) is 3.53. The number of nitrogens with zero attached hydrogens (tertiary/aromatic N) is 1. The molecule has 0 spiro atoms. The topological polar surface area (TPSA) is 62.9 Å². The Labute approximate surface area is 135 Å².